The Balaban J connectivity index is 1.67. The highest BCUT2D eigenvalue weighted by molar-refractivity contribution is 6.31. The van der Waals surface area contributed by atoms with Crippen LogP contribution >= 0.6 is 11.6 Å². The number of fused-ring (bicyclic) bond motifs is 1. The normalized spacial score (nSPS) is 16.3. The number of rotatable bonds is 4. The van der Waals surface area contributed by atoms with Crippen molar-refractivity contribution in [2.24, 2.45) is 0 Å². The first-order valence-electron chi connectivity index (χ1n) is 10.5. The second-order valence-corrected chi connectivity index (χ2v) is 8.54. The smallest absolute Gasteiger partial charge is 0.416 e. The molecule has 1 amide bonds. The van der Waals surface area contributed by atoms with E-state index in [-0.39, 0.29) is 22.8 Å². The minimum absolute atomic E-state index is 0.187. The number of aliphatic hydroxyl groups is 1. The van der Waals surface area contributed by atoms with E-state index in [1.165, 1.54) is 36.4 Å². The predicted octanol–water partition coefficient (Wildman–Crippen LogP) is 6.59. The molecule has 0 bridgehead atoms. The number of ketones is 1. The number of halogens is 4. The van der Waals surface area contributed by atoms with Gasteiger partial charge in [0.1, 0.15) is 11.3 Å². The van der Waals surface area contributed by atoms with Gasteiger partial charge in [0.05, 0.1) is 17.2 Å². The third kappa shape index (κ3) is 3.97. The van der Waals surface area contributed by atoms with Crippen molar-refractivity contribution in [1.29, 1.82) is 0 Å². The zero-order chi connectivity index (χ0) is 25.8. The number of Topliss-reactive ketones (excluding diaryl/α,β-unsaturated/α-hetero) is 1. The summed E-state index contributed by atoms with van der Waals surface area (Å²) >= 11 is 6.00. The van der Waals surface area contributed by atoms with Crippen molar-refractivity contribution in [2.75, 3.05) is 4.90 Å². The Kier molecular flexibility index (Phi) is 5.52. The number of aliphatic hydroxyl groups excluding tert-OH is 1. The van der Waals surface area contributed by atoms with Crippen LogP contribution in [0.1, 0.15) is 27.7 Å². The molecular weight excluding hydrogens is 499 g/mol. The number of benzene rings is 3. The number of nitrogens with zero attached hydrogens (tertiary/aromatic N) is 1. The molecule has 10 heteroatoms. The lowest BCUT2D eigenvalue weighted by Crippen LogP contribution is -2.31. The summed E-state index contributed by atoms with van der Waals surface area (Å²) in [6, 6.07) is 14.2. The molecule has 2 N–H and O–H groups in total. The molecule has 1 aromatic heterocycles. The molecule has 3 aromatic carbocycles. The molecule has 36 heavy (non-hydrogen) atoms. The van der Waals surface area contributed by atoms with Crippen LogP contribution in [0.5, 0.6) is 5.75 Å². The van der Waals surface area contributed by atoms with Crippen LogP contribution in [0.15, 0.2) is 88.5 Å². The van der Waals surface area contributed by atoms with E-state index < -0.39 is 40.8 Å². The van der Waals surface area contributed by atoms with E-state index in [0.29, 0.717) is 16.0 Å². The molecule has 6 nitrogen and oxygen atoms in total. The maximum Gasteiger partial charge on any atom is 0.416 e. The summed E-state index contributed by atoms with van der Waals surface area (Å²) < 4.78 is 45.8. The highest BCUT2D eigenvalue weighted by Gasteiger charge is 2.46. The molecule has 0 spiro atoms. The average molecular weight is 514 g/mol. The average Bonchev–Trinajstić information content (AvgIpc) is 3.36. The fourth-order valence-electron chi connectivity index (χ4n) is 4.20. The number of aromatic hydroxyl groups is 1. The van der Waals surface area contributed by atoms with E-state index in [2.05, 4.69) is 0 Å². The Morgan fingerprint density at radius 2 is 1.72 bits per heavy atom. The molecule has 0 radical (unpaired) electrons. The summed E-state index contributed by atoms with van der Waals surface area (Å²) in [5.41, 5.74) is -1.11. The Labute approximate surface area is 206 Å². The largest absolute Gasteiger partial charge is 0.508 e. The lowest BCUT2D eigenvalue weighted by atomic mass is 9.94. The van der Waals surface area contributed by atoms with Crippen LogP contribution in [0.2, 0.25) is 5.02 Å². The number of hydrogen-bond acceptors (Lipinski definition) is 5. The molecule has 1 aliphatic rings. The highest BCUT2D eigenvalue weighted by Crippen LogP contribution is 2.44. The van der Waals surface area contributed by atoms with Gasteiger partial charge in [0.2, 0.25) is 5.78 Å². The maximum atomic E-state index is 13.6. The van der Waals surface area contributed by atoms with E-state index in [1.807, 2.05) is 0 Å². The van der Waals surface area contributed by atoms with Crippen molar-refractivity contribution in [1.82, 2.24) is 0 Å². The van der Waals surface area contributed by atoms with Crippen LogP contribution in [-0.4, -0.2) is 21.9 Å². The number of carbonyl (C=O) groups is 2. The zero-order valence-corrected chi connectivity index (χ0v) is 18.8. The Bertz CT molecular complexity index is 1570. The van der Waals surface area contributed by atoms with Gasteiger partial charge in [-0.15, -0.1) is 0 Å². The van der Waals surface area contributed by atoms with Gasteiger partial charge in [-0.2, -0.15) is 13.2 Å². The summed E-state index contributed by atoms with van der Waals surface area (Å²) in [6.45, 7) is 0. The molecular formula is C26H15ClF3NO5. The van der Waals surface area contributed by atoms with Crippen LogP contribution in [-0.2, 0) is 11.0 Å². The van der Waals surface area contributed by atoms with Gasteiger partial charge in [0, 0.05) is 16.1 Å². The topological polar surface area (TPSA) is 91.0 Å². The SMILES string of the molecule is O=C(C1=C(O)C(=O)N(c2cccc(C(F)(F)F)c2)C1c1cccc(O)c1)c1cc2cc(Cl)ccc2o1. The van der Waals surface area contributed by atoms with Crippen LogP contribution < -0.4 is 4.90 Å². The lowest BCUT2D eigenvalue weighted by molar-refractivity contribution is -0.137. The zero-order valence-electron chi connectivity index (χ0n) is 18.1. The summed E-state index contributed by atoms with van der Waals surface area (Å²) in [4.78, 5) is 27.6. The first-order chi connectivity index (χ1) is 17.0. The Morgan fingerprint density at radius 3 is 2.44 bits per heavy atom. The van der Waals surface area contributed by atoms with Crippen molar-refractivity contribution < 1.29 is 37.4 Å². The van der Waals surface area contributed by atoms with E-state index in [4.69, 9.17) is 16.0 Å². The molecule has 1 atom stereocenters. The molecule has 2 heterocycles. The fraction of sp³-hybridized carbons (Fsp3) is 0.0769. The van der Waals surface area contributed by atoms with Crippen LogP contribution in [0, 0.1) is 0 Å². The number of furan rings is 1. The predicted molar refractivity (Wildman–Crippen MR) is 125 cm³/mol. The van der Waals surface area contributed by atoms with Crippen LogP contribution in [0.4, 0.5) is 18.9 Å². The molecule has 0 saturated carbocycles. The summed E-state index contributed by atoms with van der Waals surface area (Å²) in [5.74, 6) is -3.29. The lowest BCUT2D eigenvalue weighted by Gasteiger charge is -2.27. The quantitative estimate of drug-likeness (QED) is 0.300. The van der Waals surface area contributed by atoms with Crippen molar-refractivity contribution >= 4 is 39.9 Å². The minimum Gasteiger partial charge on any atom is -0.508 e. The summed E-state index contributed by atoms with van der Waals surface area (Å²) in [5, 5.41) is 21.7. The highest BCUT2D eigenvalue weighted by atomic mass is 35.5. The first-order valence-corrected chi connectivity index (χ1v) is 10.9. The summed E-state index contributed by atoms with van der Waals surface area (Å²) in [6.07, 6.45) is -4.69. The number of phenolic OH excluding ortho intramolecular Hbond substituents is 1. The van der Waals surface area contributed by atoms with Crippen molar-refractivity contribution in [3.05, 3.63) is 106 Å². The number of carbonyl (C=O) groups excluding carboxylic acids is 2. The van der Waals surface area contributed by atoms with Gasteiger partial charge in [-0.1, -0.05) is 29.8 Å². The number of hydrogen-bond donors (Lipinski definition) is 2. The van der Waals surface area contributed by atoms with Crippen LogP contribution in [0.25, 0.3) is 11.0 Å². The third-order valence-corrected chi connectivity index (χ3v) is 6.03. The van der Waals surface area contributed by atoms with Gasteiger partial charge in [-0.05, 0) is 60.2 Å². The first kappa shape index (κ1) is 23.5. The molecule has 182 valence electrons. The maximum absolute atomic E-state index is 13.6. The van der Waals surface area contributed by atoms with Gasteiger partial charge in [0.15, 0.2) is 11.5 Å². The second-order valence-electron chi connectivity index (χ2n) is 8.10. The third-order valence-electron chi connectivity index (χ3n) is 5.79. The molecule has 0 saturated heterocycles. The molecule has 1 unspecified atom stereocenters. The molecule has 1 aliphatic heterocycles. The van der Waals surface area contributed by atoms with Crippen LogP contribution in [0.3, 0.4) is 0 Å². The van der Waals surface area contributed by atoms with Crippen molar-refractivity contribution in [3.63, 3.8) is 0 Å². The molecule has 4 aromatic rings. The molecule has 5 rings (SSSR count). The van der Waals surface area contributed by atoms with E-state index >= 15 is 0 Å². The Hall–Kier alpha value is -4.24. The van der Waals surface area contributed by atoms with Crippen molar-refractivity contribution in [2.45, 2.75) is 12.2 Å². The van der Waals surface area contributed by atoms with Gasteiger partial charge in [-0.25, -0.2) is 0 Å². The fourth-order valence-corrected chi connectivity index (χ4v) is 4.39. The number of phenols is 1. The minimum atomic E-state index is -4.69. The second kappa shape index (κ2) is 8.46. The van der Waals surface area contributed by atoms with E-state index in [9.17, 15) is 33.0 Å². The standard InChI is InChI=1S/C26H15ClF3NO5/c27-16-7-8-19-14(9-16)11-20(36-19)23(33)21-22(13-3-1-6-18(32)10-13)31(25(35)24(21)34)17-5-2-4-15(12-17)26(28,29)30/h1-12,22,32,34H. The number of alkyl halides is 3. The van der Waals surface area contributed by atoms with Gasteiger partial charge >= 0.3 is 6.18 Å². The van der Waals surface area contributed by atoms with Gasteiger partial charge < -0.3 is 14.6 Å². The number of amides is 1. The molecule has 0 fully saturated rings. The van der Waals surface area contributed by atoms with Gasteiger partial charge in [0.25, 0.3) is 5.91 Å². The number of anilines is 1. The molecule has 0 aliphatic carbocycles. The Morgan fingerprint density at radius 1 is 0.972 bits per heavy atom. The van der Waals surface area contributed by atoms with E-state index in [0.717, 1.165) is 23.1 Å². The monoisotopic (exact) mass is 513 g/mol. The summed E-state index contributed by atoms with van der Waals surface area (Å²) in [7, 11) is 0. The van der Waals surface area contributed by atoms with Crippen molar-refractivity contribution in [3.8, 4) is 5.75 Å². The van der Waals surface area contributed by atoms with E-state index in [1.54, 1.807) is 18.2 Å². The van der Waals surface area contributed by atoms with Gasteiger partial charge in [-0.3, -0.25) is 14.5 Å².